The van der Waals surface area contributed by atoms with Crippen molar-refractivity contribution in [2.45, 2.75) is 38.5 Å². The second kappa shape index (κ2) is 9.55. The first-order valence-electron chi connectivity index (χ1n) is 7.14. The van der Waals surface area contributed by atoms with E-state index in [4.69, 9.17) is 9.84 Å². The van der Waals surface area contributed by atoms with E-state index in [9.17, 15) is 14.4 Å². The molecular weight excluding hydrogens is 288 g/mol. The van der Waals surface area contributed by atoms with Crippen molar-refractivity contribution in [1.29, 1.82) is 0 Å². The van der Waals surface area contributed by atoms with Gasteiger partial charge in [-0.1, -0.05) is 12.8 Å². The van der Waals surface area contributed by atoms with Crippen molar-refractivity contribution in [3.05, 3.63) is 29.8 Å². The molecule has 22 heavy (non-hydrogen) atoms. The average Bonchev–Trinajstić information content (AvgIpc) is 2.50. The summed E-state index contributed by atoms with van der Waals surface area (Å²) in [4.78, 5) is 33.2. The van der Waals surface area contributed by atoms with E-state index in [1.165, 1.54) is 31.4 Å². The van der Waals surface area contributed by atoms with E-state index < -0.39 is 11.9 Å². The average molecular weight is 308 g/mol. The Hall–Kier alpha value is -2.37. The Morgan fingerprint density at radius 3 is 2.09 bits per heavy atom. The molecule has 0 bridgehead atoms. The van der Waals surface area contributed by atoms with E-state index in [1.54, 1.807) is 0 Å². The maximum atomic E-state index is 11.6. The van der Waals surface area contributed by atoms with Crippen molar-refractivity contribution >= 4 is 17.9 Å². The van der Waals surface area contributed by atoms with Gasteiger partial charge in [0.1, 0.15) is 5.75 Å². The molecule has 0 unspecified atom stereocenters. The van der Waals surface area contributed by atoms with E-state index in [0.29, 0.717) is 24.2 Å². The quantitative estimate of drug-likeness (QED) is 0.428. The Labute approximate surface area is 129 Å². The van der Waals surface area contributed by atoms with Crippen molar-refractivity contribution in [3.63, 3.8) is 0 Å². The maximum absolute atomic E-state index is 11.6. The number of ether oxygens (including phenoxy) is 2. The van der Waals surface area contributed by atoms with Gasteiger partial charge >= 0.3 is 17.9 Å². The molecule has 0 spiro atoms. The third kappa shape index (κ3) is 6.88. The first-order valence-corrected chi connectivity index (χ1v) is 7.14. The van der Waals surface area contributed by atoms with Gasteiger partial charge in [0.2, 0.25) is 0 Å². The van der Waals surface area contributed by atoms with Gasteiger partial charge in [0.15, 0.2) is 0 Å². The zero-order chi connectivity index (χ0) is 16.4. The van der Waals surface area contributed by atoms with Crippen molar-refractivity contribution in [3.8, 4) is 5.75 Å². The molecule has 1 rings (SSSR count). The summed E-state index contributed by atoms with van der Waals surface area (Å²) in [7, 11) is 1.30. The molecule has 6 heteroatoms. The summed E-state index contributed by atoms with van der Waals surface area (Å²) in [5, 5.41) is 8.49. The minimum atomic E-state index is -0.796. The summed E-state index contributed by atoms with van der Waals surface area (Å²) in [6.45, 7) is 0. The van der Waals surface area contributed by atoms with Gasteiger partial charge in [-0.3, -0.25) is 9.59 Å². The summed E-state index contributed by atoms with van der Waals surface area (Å²) >= 11 is 0. The third-order valence-corrected chi connectivity index (χ3v) is 3.03. The van der Waals surface area contributed by atoms with Gasteiger partial charge < -0.3 is 14.6 Å². The van der Waals surface area contributed by atoms with Crippen LogP contribution in [0.2, 0.25) is 0 Å². The van der Waals surface area contributed by atoms with Crippen LogP contribution in [-0.4, -0.2) is 30.1 Å². The molecule has 0 aromatic heterocycles. The van der Waals surface area contributed by atoms with Crippen molar-refractivity contribution in [2.75, 3.05) is 7.11 Å². The molecule has 1 N–H and O–H groups in total. The largest absolute Gasteiger partial charge is 0.481 e. The molecule has 0 aliphatic carbocycles. The monoisotopic (exact) mass is 308 g/mol. The molecule has 1 aromatic rings. The zero-order valence-corrected chi connectivity index (χ0v) is 12.5. The number of benzene rings is 1. The molecular formula is C16H20O6. The van der Waals surface area contributed by atoms with Crippen LogP contribution < -0.4 is 4.74 Å². The Balaban J connectivity index is 2.24. The van der Waals surface area contributed by atoms with Crippen LogP contribution >= 0.6 is 0 Å². The van der Waals surface area contributed by atoms with Crippen molar-refractivity contribution in [1.82, 2.24) is 0 Å². The van der Waals surface area contributed by atoms with Gasteiger partial charge in [-0.05, 0) is 37.1 Å². The number of carbonyl (C=O) groups is 3. The molecule has 6 nitrogen and oxygen atoms in total. The number of carbonyl (C=O) groups excluding carboxylic acids is 2. The highest BCUT2D eigenvalue weighted by atomic mass is 16.5. The summed E-state index contributed by atoms with van der Waals surface area (Å²) in [6, 6.07) is 6.13. The number of carboxylic acids is 1. The van der Waals surface area contributed by atoms with Gasteiger partial charge in [-0.25, -0.2) is 4.79 Å². The standard InChI is InChI=1S/C16H20O6/c1-21-16(20)12-8-10-13(11-9-12)22-15(19)7-5-3-2-4-6-14(17)18/h8-11H,2-7H2,1H3,(H,17,18). The van der Waals surface area contributed by atoms with Crippen molar-refractivity contribution in [2.24, 2.45) is 0 Å². The first kappa shape index (κ1) is 17.7. The zero-order valence-electron chi connectivity index (χ0n) is 12.5. The minimum Gasteiger partial charge on any atom is -0.481 e. The van der Waals surface area contributed by atoms with Gasteiger partial charge in [0.05, 0.1) is 12.7 Å². The van der Waals surface area contributed by atoms with Crippen LogP contribution in [0.3, 0.4) is 0 Å². The van der Waals surface area contributed by atoms with E-state index >= 15 is 0 Å². The molecule has 1 aromatic carbocycles. The molecule has 0 aliphatic rings. The molecule has 120 valence electrons. The van der Waals surface area contributed by atoms with Gasteiger partial charge in [0.25, 0.3) is 0 Å². The molecule has 0 saturated heterocycles. The third-order valence-electron chi connectivity index (χ3n) is 3.03. The Bertz CT molecular complexity index is 506. The number of carboxylic acid groups (broad SMARTS) is 1. The molecule has 0 amide bonds. The summed E-state index contributed by atoms with van der Waals surface area (Å²) in [6.07, 6.45) is 3.32. The van der Waals surface area contributed by atoms with E-state index in [-0.39, 0.29) is 18.8 Å². The lowest BCUT2D eigenvalue weighted by molar-refractivity contribution is -0.137. The van der Waals surface area contributed by atoms with Gasteiger partial charge in [-0.2, -0.15) is 0 Å². The highest BCUT2D eigenvalue weighted by Gasteiger charge is 2.08. The lowest BCUT2D eigenvalue weighted by Gasteiger charge is -2.05. The Kier molecular flexibility index (Phi) is 7.67. The number of unbranched alkanes of at least 4 members (excludes halogenated alkanes) is 3. The molecule has 0 aliphatic heterocycles. The highest BCUT2D eigenvalue weighted by molar-refractivity contribution is 5.89. The van der Waals surface area contributed by atoms with Crippen LogP contribution in [0.25, 0.3) is 0 Å². The Morgan fingerprint density at radius 2 is 1.55 bits per heavy atom. The lowest BCUT2D eigenvalue weighted by Crippen LogP contribution is -2.08. The summed E-state index contributed by atoms with van der Waals surface area (Å²) < 4.78 is 9.72. The number of esters is 2. The van der Waals surface area contributed by atoms with Crippen LogP contribution in [0.15, 0.2) is 24.3 Å². The topological polar surface area (TPSA) is 89.9 Å². The summed E-state index contributed by atoms with van der Waals surface area (Å²) in [5.41, 5.74) is 0.390. The second-order valence-electron chi connectivity index (χ2n) is 4.80. The minimum absolute atomic E-state index is 0.164. The van der Waals surface area contributed by atoms with Crippen LogP contribution in [0.5, 0.6) is 5.75 Å². The normalized spacial score (nSPS) is 10.0. The maximum Gasteiger partial charge on any atom is 0.337 e. The molecule has 0 saturated carbocycles. The smallest absolute Gasteiger partial charge is 0.337 e. The predicted molar refractivity (Wildman–Crippen MR) is 78.8 cm³/mol. The first-order chi connectivity index (χ1) is 10.5. The van der Waals surface area contributed by atoms with Gasteiger partial charge in [-0.15, -0.1) is 0 Å². The SMILES string of the molecule is COC(=O)c1ccc(OC(=O)CCCCCCC(=O)O)cc1. The fraction of sp³-hybridized carbons (Fsp3) is 0.438. The Morgan fingerprint density at radius 1 is 0.955 bits per heavy atom. The fourth-order valence-electron chi connectivity index (χ4n) is 1.86. The molecule has 0 heterocycles. The van der Waals surface area contributed by atoms with E-state index in [1.807, 2.05) is 0 Å². The predicted octanol–water partition coefficient (Wildman–Crippen LogP) is 2.80. The number of hydrogen-bond donors (Lipinski definition) is 1. The van der Waals surface area contributed by atoms with Crippen LogP contribution in [0.1, 0.15) is 48.9 Å². The van der Waals surface area contributed by atoms with E-state index in [2.05, 4.69) is 4.74 Å². The molecule has 0 fully saturated rings. The summed E-state index contributed by atoms with van der Waals surface area (Å²) in [5.74, 6) is -1.21. The highest BCUT2D eigenvalue weighted by Crippen LogP contribution is 2.14. The molecule has 0 radical (unpaired) electrons. The van der Waals surface area contributed by atoms with Crippen LogP contribution in [0, 0.1) is 0 Å². The van der Waals surface area contributed by atoms with Crippen LogP contribution in [0.4, 0.5) is 0 Å². The van der Waals surface area contributed by atoms with Crippen LogP contribution in [-0.2, 0) is 14.3 Å². The number of methoxy groups -OCH3 is 1. The lowest BCUT2D eigenvalue weighted by atomic mass is 10.1. The van der Waals surface area contributed by atoms with E-state index in [0.717, 1.165) is 12.8 Å². The fourth-order valence-corrected chi connectivity index (χ4v) is 1.86. The number of aliphatic carboxylic acids is 1. The second-order valence-corrected chi connectivity index (χ2v) is 4.80. The number of rotatable bonds is 9. The molecule has 0 atom stereocenters. The van der Waals surface area contributed by atoms with Gasteiger partial charge in [0, 0.05) is 12.8 Å². The number of hydrogen-bond acceptors (Lipinski definition) is 5. The van der Waals surface area contributed by atoms with Crippen molar-refractivity contribution < 1.29 is 29.0 Å².